The first kappa shape index (κ1) is 42.6. The number of carbonyl (C=O) groups excluding carboxylic acids is 2. The van der Waals surface area contributed by atoms with Crippen molar-refractivity contribution in [2.75, 3.05) is 33.5 Å². The third kappa shape index (κ3) is 14.0. The van der Waals surface area contributed by atoms with Gasteiger partial charge in [-0.15, -0.1) is 0 Å². The second-order valence-corrected chi connectivity index (χ2v) is 16.1. The smallest absolute Gasteiger partial charge is 0.431 e. The van der Waals surface area contributed by atoms with E-state index >= 15 is 0 Å². The Bertz CT molecular complexity index is 1220. The summed E-state index contributed by atoms with van der Waals surface area (Å²) in [6.45, 7) is 3.12. The molecule has 286 valence electrons. The number of carbonyl (C=O) groups is 2. The van der Waals surface area contributed by atoms with Gasteiger partial charge in [-0.2, -0.15) is 0 Å². The van der Waals surface area contributed by atoms with Crippen molar-refractivity contribution in [2.45, 2.75) is 121 Å². The Labute approximate surface area is 299 Å². The van der Waals surface area contributed by atoms with Crippen molar-refractivity contribution in [1.29, 1.82) is 0 Å². The second-order valence-electron chi connectivity index (χ2n) is 13.4. The Morgan fingerprint density at radius 2 is 1.70 bits per heavy atom. The first-order valence-corrected chi connectivity index (χ1v) is 19.5. The molecular formula is C33H54NO14PS. The number of rotatable bonds is 19. The molecule has 0 aliphatic carbocycles. The zero-order chi connectivity index (χ0) is 36.9. The van der Waals surface area contributed by atoms with Crippen LogP contribution in [0.3, 0.4) is 0 Å². The van der Waals surface area contributed by atoms with Crippen LogP contribution >= 0.6 is 6.72 Å². The topological polar surface area (TPSA) is 201 Å². The van der Waals surface area contributed by atoms with Gasteiger partial charge in [0.05, 0.1) is 24.4 Å². The van der Waals surface area contributed by atoms with Crippen LogP contribution in [-0.4, -0.2) is 120 Å². The Balaban J connectivity index is 1.44. The third-order valence-electron chi connectivity index (χ3n) is 8.14. The van der Waals surface area contributed by atoms with Crippen molar-refractivity contribution in [3.05, 3.63) is 35.9 Å². The second kappa shape index (κ2) is 20.5. The molecule has 2 unspecified atom stereocenters. The summed E-state index contributed by atoms with van der Waals surface area (Å²) in [6, 6.07) is 9.15. The van der Waals surface area contributed by atoms with Gasteiger partial charge in [-0.1, -0.05) is 37.3 Å². The highest BCUT2D eigenvalue weighted by Gasteiger charge is 2.49. The van der Waals surface area contributed by atoms with E-state index in [2.05, 4.69) is 5.32 Å². The molecule has 5 N–H and O–H groups in total. The minimum Gasteiger partial charge on any atom is -0.431 e. The van der Waals surface area contributed by atoms with Crippen molar-refractivity contribution in [3.8, 4) is 0 Å². The first-order chi connectivity index (χ1) is 23.6. The molecule has 1 aromatic carbocycles. The number of benzene rings is 1. The number of ether oxygens (including phenoxy) is 6. The molecule has 2 saturated heterocycles. The number of nitrogens with one attached hydrogen (secondary N) is 1. The molecule has 0 bridgehead atoms. The van der Waals surface area contributed by atoms with E-state index in [-0.39, 0.29) is 32.1 Å². The Morgan fingerprint density at radius 1 is 0.980 bits per heavy atom. The fraction of sp³-hybridized carbons (Fsp3) is 0.758. The summed E-state index contributed by atoms with van der Waals surface area (Å²) in [4.78, 5) is 35.7. The van der Waals surface area contributed by atoms with Crippen LogP contribution in [0.2, 0.25) is 0 Å². The lowest BCUT2D eigenvalue weighted by Crippen LogP contribution is -2.55. The maximum atomic E-state index is 12.5. The van der Waals surface area contributed by atoms with E-state index in [0.717, 1.165) is 5.56 Å². The molecule has 1 amide bonds. The van der Waals surface area contributed by atoms with E-state index in [9.17, 15) is 29.8 Å². The average molecular weight is 752 g/mol. The molecule has 3 rings (SSSR count). The fourth-order valence-corrected chi connectivity index (χ4v) is 7.90. The van der Waals surface area contributed by atoms with E-state index in [1.54, 1.807) is 27.7 Å². The Morgan fingerprint density at radius 3 is 2.36 bits per heavy atom. The molecule has 50 heavy (non-hydrogen) atoms. The molecule has 10 atom stereocenters. The molecule has 0 spiro atoms. The molecule has 15 nitrogen and oxygen atoms in total. The van der Waals surface area contributed by atoms with E-state index in [4.69, 9.17) is 49.3 Å². The highest BCUT2D eigenvalue weighted by molar-refractivity contribution is 8.07. The molecule has 0 saturated carbocycles. The summed E-state index contributed by atoms with van der Waals surface area (Å²) in [5, 5.41) is 32.4. The number of unbranched alkanes of at least 4 members (excludes halogenated alkanes) is 1. The predicted molar refractivity (Wildman–Crippen MR) is 183 cm³/mol. The summed E-state index contributed by atoms with van der Waals surface area (Å²) < 4.78 is 45.2. The molecule has 2 aliphatic heterocycles. The minimum absolute atomic E-state index is 0.0299. The highest BCUT2D eigenvalue weighted by Crippen LogP contribution is 2.51. The van der Waals surface area contributed by atoms with Gasteiger partial charge < -0.3 is 58.5 Å². The lowest BCUT2D eigenvalue weighted by Gasteiger charge is -2.40. The molecule has 0 radical (unpaired) electrons. The van der Waals surface area contributed by atoms with Crippen LogP contribution in [0.25, 0.3) is 0 Å². The van der Waals surface area contributed by atoms with Gasteiger partial charge >= 0.3 is 12.9 Å². The maximum Gasteiger partial charge on any atom is 0.508 e. The number of hydrogen-bond donors (Lipinski definition) is 5. The van der Waals surface area contributed by atoms with Gasteiger partial charge in [0.25, 0.3) is 0 Å². The molecule has 1 aromatic rings. The number of amides is 1. The monoisotopic (exact) mass is 751 g/mol. The van der Waals surface area contributed by atoms with Crippen molar-refractivity contribution >= 4 is 30.6 Å². The van der Waals surface area contributed by atoms with Gasteiger partial charge in [0.2, 0.25) is 5.91 Å². The first-order valence-electron chi connectivity index (χ1n) is 16.9. The molecule has 2 heterocycles. The number of methoxy groups -OCH3 is 1. The Kier molecular flexibility index (Phi) is 17.4. The fourth-order valence-electron chi connectivity index (χ4n) is 5.63. The molecule has 17 heteroatoms. The zero-order valence-corrected chi connectivity index (χ0v) is 31.1. The van der Waals surface area contributed by atoms with Gasteiger partial charge in [-0.3, -0.25) is 9.32 Å². The van der Waals surface area contributed by atoms with Gasteiger partial charge in [-0.25, -0.2) is 4.79 Å². The van der Waals surface area contributed by atoms with Crippen molar-refractivity contribution in [1.82, 2.24) is 5.32 Å². The maximum absolute atomic E-state index is 12.5. The normalized spacial score (nSPS) is 29.7. The summed E-state index contributed by atoms with van der Waals surface area (Å²) in [7, 11) is 1.48. The van der Waals surface area contributed by atoms with Gasteiger partial charge in [0, 0.05) is 32.6 Å². The Hall–Kier alpha value is -1.79. The SMILES string of the molecule is CO[C@H]1C(OP(O)(=S)OC(C)(C)C)[C@@H](COC(=O)OCc2ccccc2)O[C@H]1CCCNC(=O)CCCCO[C@@H]1O[C@H](CO)[C@H](O)[C@H](O)[C@H]1C. The minimum atomic E-state index is -3.76. The van der Waals surface area contributed by atoms with E-state index < -0.39 is 80.0 Å². The van der Waals surface area contributed by atoms with E-state index in [0.29, 0.717) is 32.2 Å². The summed E-state index contributed by atoms with van der Waals surface area (Å²) >= 11 is 5.28. The van der Waals surface area contributed by atoms with Gasteiger partial charge in [-0.05, 0) is 63.8 Å². The average Bonchev–Trinajstić information content (AvgIpc) is 3.38. The van der Waals surface area contributed by atoms with Crippen LogP contribution in [-0.2, 0) is 60.7 Å². The summed E-state index contributed by atoms with van der Waals surface area (Å²) in [5.41, 5.74) is 0.00865. The summed E-state index contributed by atoms with van der Waals surface area (Å²) in [5.74, 6) is -0.617. The number of aliphatic hydroxyl groups is 3. The van der Waals surface area contributed by atoms with Gasteiger partial charge in [0.1, 0.15) is 43.7 Å². The zero-order valence-electron chi connectivity index (χ0n) is 29.4. The van der Waals surface area contributed by atoms with E-state index in [1.165, 1.54) is 7.11 Å². The lowest BCUT2D eigenvalue weighted by molar-refractivity contribution is -0.282. The van der Waals surface area contributed by atoms with Crippen molar-refractivity contribution < 1.29 is 67.3 Å². The van der Waals surface area contributed by atoms with E-state index in [1.807, 2.05) is 30.3 Å². The number of hydrogen-bond acceptors (Lipinski definition) is 14. The van der Waals surface area contributed by atoms with Gasteiger partial charge in [0.15, 0.2) is 6.29 Å². The highest BCUT2D eigenvalue weighted by atomic mass is 32.5. The van der Waals surface area contributed by atoms with Crippen LogP contribution in [0.1, 0.15) is 65.4 Å². The van der Waals surface area contributed by atoms with Crippen LogP contribution in [0.4, 0.5) is 4.79 Å². The lowest BCUT2D eigenvalue weighted by atomic mass is 9.92. The molecular weight excluding hydrogens is 697 g/mol. The molecule has 2 aliphatic rings. The van der Waals surface area contributed by atoms with Crippen LogP contribution in [0.15, 0.2) is 30.3 Å². The van der Waals surface area contributed by atoms with Crippen molar-refractivity contribution in [2.24, 2.45) is 5.92 Å². The predicted octanol–water partition coefficient (Wildman–Crippen LogP) is 2.70. The molecule has 0 aromatic heterocycles. The van der Waals surface area contributed by atoms with Crippen LogP contribution in [0.5, 0.6) is 0 Å². The number of aliphatic hydroxyl groups excluding tert-OH is 3. The standard InChI is InChI=1S/C33H54NO14PS/c1-21-27(37)28(38)24(18-35)46-31(21)42-17-10-9-15-26(36)34-16-11-14-23-29(41-5)30(47-49(40,50)48-33(2,3)4)25(45-23)20-44-32(39)43-19-22-12-7-6-8-13-22/h6-8,12-13,21,23-25,27-31,35,37-38H,9-11,14-20H2,1-5H3,(H,34,36)(H,40,50)/t21-,23+,24-,25-,27-,28+,29-,30?,31-,49?/m1/s1. The quantitative estimate of drug-likeness (QED) is 0.0785. The third-order valence-corrected chi connectivity index (χ3v) is 9.91. The van der Waals surface area contributed by atoms with Crippen LogP contribution < -0.4 is 5.32 Å². The van der Waals surface area contributed by atoms with Crippen molar-refractivity contribution in [3.63, 3.8) is 0 Å². The van der Waals surface area contributed by atoms with Crippen LogP contribution in [0, 0.1) is 5.92 Å². The molecule has 2 fully saturated rings. The largest absolute Gasteiger partial charge is 0.508 e. The summed E-state index contributed by atoms with van der Waals surface area (Å²) in [6.07, 6.45) is -5.49.